The summed E-state index contributed by atoms with van der Waals surface area (Å²) < 4.78 is 6.17. The van der Waals surface area contributed by atoms with Crippen LogP contribution in [-0.2, 0) is 25.7 Å². The van der Waals surface area contributed by atoms with E-state index in [9.17, 15) is 24.6 Å². The number of aliphatic hydroxyl groups excluding tert-OH is 1. The summed E-state index contributed by atoms with van der Waals surface area (Å²) in [6.07, 6.45) is 7.32. The molecular weight excluding hydrogens is 724 g/mol. The minimum Gasteiger partial charge on any atom is -0.481 e. The number of carboxylic acids is 1. The van der Waals surface area contributed by atoms with Crippen LogP contribution >= 0.6 is 11.6 Å². The van der Waals surface area contributed by atoms with Crippen LogP contribution in [0, 0.1) is 56.7 Å². The first-order valence-electron chi connectivity index (χ1n) is 21.6. The van der Waals surface area contributed by atoms with Gasteiger partial charge < -0.3 is 19.8 Å². The van der Waals surface area contributed by atoms with Gasteiger partial charge in [-0.2, -0.15) is 0 Å². The summed E-state index contributed by atoms with van der Waals surface area (Å²) >= 11 is 6.23. The van der Waals surface area contributed by atoms with E-state index in [1.165, 1.54) is 5.57 Å². The van der Waals surface area contributed by atoms with E-state index in [0.717, 1.165) is 75.6 Å². The molecule has 0 saturated heterocycles. The Kier molecular flexibility index (Phi) is 12.2. The van der Waals surface area contributed by atoms with Gasteiger partial charge in [0.15, 0.2) is 5.78 Å². The predicted molar refractivity (Wildman–Crippen MR) is 222 cm³/mol. The number of ketones is 1. The number of carbonyl (C=O) groups is 3. The number of hydrogen-bond acceptors (Lipinski definition) is 7. The van der Waals surface area contributed by atoms with Gasteiger partial charge in [-0.15, -0.1) is 0 Å². The molecule has 0 heterocycles. The Balaban J connectivity index is 1.26. The zero-order chi connectivity index (χ0) is 41.2. The van der Waals surface area contributed by atoms with Gasteiger partial charge in [0.25, 0.3) is 0 Å². The highest BCUT2D eigenvalue weighted by molar-refractivity contribution is 6.30. The molecule has 4 fully saturated rings. The maximum Gasteiger partial charge on any atom is 0.309 e. The lowest BCUT2D eigenvalue weighted by molar-refractivity contribution is -0.205. The Labute approximate surface area is 342 Å². The van der Waals surface area contributed by atoms with Crippen molar-refractivity contribution in [2.24, 2.45) is 56.7 Å². The number of aliphatic carboxylic acids is 1. The van der Waals surface area contributed by atoms with Gasteiger partial charge in [-0.25, -0.2) is 0 Å². The van der Waals surface area contributed by atoms with E-state index in [4.69, 9.17) is 16.3 Å². The van der Waals surface area contributed by atoms with Gasteiger partial charge in [-0.05, 0) is 143 Å². The number of fused-ring (bicyclic) bond motifs is 7. The van der Waals surface area contributed by atoms with Crippen LogP contribution in [0.2, 0.25) is 5.02 Å². The molecule has 0 aliphatic heterocycles. The number of likely N-dealkylation sites (N-methyl/N-ethyl adjacent to an activating group) is 1. The quantitative estimate of drug-likeness (QED) is 0.191. The molecule has 4 saturated carbocycles. The van der Waals surface area contributed by atoms with Gasteiger partial charge in [0.2, 0.25) is 0 Å². The summed E-state index contributed by atoms with van der Waals surface area (Å²) in [4.78, 5) is 43.7. The zero-order valence-electron chi connectivity index (χ0n) is 36.1. The maximum absolute atomic E-state index is 14.2. The highest BCUT2D eigenvalue weighted by Crippen LogP contribution is 2.73. The number of allylic oxidation sites excluding steroid dienone is 1. The van der Waals surface area contributed by atoms with Gasteiger partial charge in [0.1, 0.15) is 6.10 Å². The Morgan fingerprint density at radius 1 is 0.929 bits per heavy atom. The van der Waals surface area contributed by atoms with Crippen molar-refractivity contribution < 1.29 is 29.3 Å². The van der Waals surface area contributed by atoms with E-state index in [1.807, 2.05) is 12.1 Å². The van der Waals surface area contributed by atoms with Crippen LogP contribution in [-0.4, -0.2) is 83.7 Å². The number of hydrogen-bond donors (Lipinski definition) is 2. The Bertz CT molecular complexity index is 1680. The molecule has 5 aliphatic carbocycles. The van der Waals surface area contributed by atoms with Crippen molar-refractivity contribution in [1.29, 1.82) is 0 Å². The van der Waals surface area contributed by atoms with E-state index in [0.29, 0.717) is 42.3 Å². The number of esters is 1. The lowest BCUT2D eigenvalue weighted by atomic mass is 9.37. The molecule has 5 aliphatic rings. The van der Waals surface area contributed by atoms with E-state index in [-0.39, 0.29) is 46.4 Å². The number of Topliss-reactive ketones (excluding diaryl/α,β-unsaturated/α-hetero) is 1. The number of aliphatic hydroxyl groups is 1. The summed E-state index contributed by atoms with van der Waals surface area (Å²) in [6, 6.07) is 8.00. The van der Waals surface area contributed by atoms with E-state index in [2.05, 4.69) is 77.6 Å². The second-order valence-corrected chi connectivity index (χ2v) is 21.5. The van der Waals surface area contributed by atoms with Crippen molar-refractivity contribution in [3.05, 3.63) is 46.0 Å². The number of rotatable bonds is 13. The molecule has 0 radical (unpaired) electrons. The first-order valence-corrected chi connectivity index (χ1v) is 21.9. The fraction of sp³-hybridized carbons (Fsp3) is 0.766. The van der Waals surface area contributed by atoms with Crippen LogP contribution in [0.15, 0.2) is 35.4 Å². The second kappa shape index (κ2) is 15.7. The fourth-order valence-corrected chi connectivity index (χ4v) is 13.4. The van der Waals surface area contributed by atoms with Crippen LogP contribution in [0.3, 0.4) is 0 Å². The molecule has 56 heavy (non-hydrogen) atoms. The summed E-state index contributed by atoms with van der Waals surface area (Å²) in [7, 11) is 4.17. The highest BCUT2D eigenvalue weighted by Gasteiger charge is 2.67. The Morgan fingerprint density at radius 3 is 2.20 bits per heavy atom. The first-order chi connectivity index (χ1) is 26.1. The van der Waals surface area contributed by atoms with Crippen molar-refractivity contribution in [3.63, 3.8) is 0 Å². The average Bonchev–Trinajstić information content (AvgIpc) is 3.42. The number of nitrogens with zero attached hydrogens (tertiary/aromatic N) is 2. The summed E-state index contributed by atoms with van der Waals surface area (Å²) in [5, 5.41) is 23.0. The molecule has 2 N–H and O–H groups in total. The summed E-state index contributed by atoms with van der Waals surface area (Å²) in [5.74, 6) is 0.646. The predicted octanol–water partition coefficient (Wildman–Crippen LogP) is 9.07. The molecule has 2 unspecified atom stereocenters. The molecule has 1 aromatic carbocycles. The molecule has 0 aromatic heterocycles. The summed E-state index contributed by atoms with van der Waals surface area (Å²) in [6.45, 7) is 20.0. The van der Waals surface area contributed by atoms with E-state index < -0.39 is 28.9 Å². The SMILES string of the molecule is CC(C)C1=C2[C@H]3CCC4[C@@H](CCC5C(C)(C)[C@@H](OC(=O)CC(C)(C)C(=O)O)CC[C@]45C)[C@]3(C)CC[C@@]2([C@H](O)CN(CCN(C)C)Cc2ccc(Cl)cc2)CC1=O. The third-order valence-electron chi connectivity index (χ3n) is 16.3. The van der Waals surface area contributed by atoms with E-state index in [1.54, 1.807) is 13.8 Å². The Hall–Kier alpha value is -2.26. The molecule has 9 atom stereocenters. The van der Waals surface area contributed by atoms with Gasteiger partial charge in [-0.1, -0.05) is 70.8 Å². The van der Waals surface area contributed by atoms with Crippen LogP contribution < -0.4 is 0 Å². The van der Waals surface area contributed by atoms with Crippen molar-refractivity contribution in [2.45, 2.75) is 138 Å². The topological polar surface area (TPSA) is 107 Å². The average molecular weight is 796 g/mol. The molecule has 9 heteroatoms. The largest absolute Gasteiger partial charge is 0.481 e. The van der Waals surface area contributed by atoms with Crippen LogP contribution in [0.1, 0.15) is 125 Å². The minimum atomic E-state index is -1.16. The normalized spacial score (nSPS) is 34.6. The molecular formula is C47H71ClN2O6. The lowest BCUT2D eigenvalue weighted by Crippen LogP contribution is -2.62. The molecule has 312 valence electrons. The number of carboxylic acid groups (broad SMARTS) is 1. The van der Waals surface area contributed by atoms with Crippen molar-refractivity contribution in [1.82, 2.24) is 9.80 Å². The van der Waals surface area contributed by atoms with Gasteiger partial charge >= 0.3 is 11.9 Å². The second-order valence-electron chi connectivity index (χ2n) is 21.1. The van der Waals surface area contributed by atoms with Crippen molar-refractivity contribution >= 4 is 29.3 Å². The first kappa shape index (κ1) is 43.3. The smallest absolute Gasteiger partial charge is 0.309 e. The van der Waals surface area contributed by atoms with E-state index >= 15 is 0 Å². The molecule has 1 aromatic rings. The molecule has 6 rings (SSSR count). The lowest BCUT2D eigenvalue weighted by Gasteiger charge is -2.68. The van der Waals surface area contributed by atoms with Crippen LogP contribution in [0.25, 0.3) is 0 Å². The summed E-state index contributed by atoms with van der Waals surface area (Å²) in [5.41, 5.74) is 1.66. The van der Waals surface area contributed by atoms with Crippen LogP contribution in [0.5, 0.6) is 0 Å². The monoisotopic (exact) mass is 795 g/mol. The molecule has 0 spiro atoms. The standard InChI is InChI=1S/C47H71ClN2O6/c1-29(2)40-35(51)25-47(37(52)28-50(24-23-49(9)10)27-30-11-13-31(48)14-12-30)22-21-45(7)32-17-18-36-44(5,6)38(56-39(53)26-43(3,4)42(54)55)19-20-46(36,8)33(32)15-16-34(45)41(40)47/h11-14,29,32-34,36-38,52H,15-28H2,1-10H3,(H,54,55)/t32-,33?,34-,36?,37-,38+,45+,46-,47+/m1/s1. The third kappa shape index (κ3) is 7.68. The number of benzene rings is 1. The van der Waals surface area contributed by atoms with Crippen molar-refractivity contribution in [3.8, 4) is 0 Å². The van der Waals surface area contributed by atoms with Crippen LogP contribution in [0.4, 0.5) is 0 Å². The minimum absolute atomic E-state index is 0.0317. The fourth-order valence-electron chi connectivity index (χ4n) is 13.2. The third-order valence-corrected chi connectivity index (χ3v) is 16.6. The van der Waals surface area contributed by atoms with Crippen molar-refractivity contribution in [2.75, 3.05) is 33.7 Å². The number of halogens is 1. The molecule has 8 nitrogen and oxygen atoms in total. The molecule has 0 bridgehead atoms. The highest BCUT2D eigenvalue weighted by atomic mass is 35.5. The zero-order valence-corrected chi connectivity index (χ0v) is 36.8. The number of ether oxygens (including phenoxy) is 1. The molecule has 0 amide bonds. The Morgan fingerprint density at radius 2 is 1.57 bits per heavy atom. The van der Waals surface area contributed by atoms with Gasteiger partial charge in [0.05, 0.1) is 17.9 Å². The van der Waals surface area contributed by atoms with Gasteiger partial charge in [-0.3, -0.25) is 19.3 Å². The number of carbonyl (C=O) groups excluding carboxylic acids is 2. The van der Waals surface area contributed by atoms with Gasteiger partial charge in [0, 0.05) is 48.5 Å². The maximum atomic E-state index is 14.2.